The van der Waals surface area contributed by atoms with Crippen LogP contribution in [0.3, 0.4) is 0 Å². The molecule has 2 nitrogen and oxygen atoms in total. The molecule has 9 rings (SSSR count). The molecule has 0 fully saturated rings. The number of para-hydroxylation sites is 1. The summed E-state index contributed by atoms with van der Waals surface area (Å²) in [7, 11) is 0. The molecule has 0 bridgehead atoms. The Bertz CT molecular complexity index is 2370. The van der Waals surface area contributed by atoms with Crippen LogP contribution in [0.5, 0.6) is 0 Å². The summed E-state index contributed by atoms with van der Waals surface area (Å²) in [5.74, 6) is 0. The Kier molecular flexibility index (Phi) is 4.70. The monoisotopic (exact) mass is 536 g/mol. The molecule has 1 aliphatic rings. The van der Waals surface area contributed by atoms with E-state index >= 15 is 0 Å². The highest BCUT2D eigenvalue weighted by molar-refractivity contribution is 6.26. The van der Waals surface area contributed by atoms with Gasteiger partial charge in [-0.25, -0.2) is 0 Å². The molecule has 0 saturated carbocycles. The fourth-order valence-corrected chi connectivity index (χ4v) is 7.48. The molecule has 0 unspecified atom stereocenters. The minimum atomic E-state index is -0.144. The molecule has 0 aliphatic heterocycles. The lowest BCUT2D eigenvalue weighted by Crippen LogP contribution is -2.16. The van der Waals surface area contributed by atoms with E-state index in [1.165, 1.54) is 60.2 Å². The lowest BCUT2D eigenvalue weighted by molar-refractivity contribution is 0.664. The first kappa shape index (κ1) is 23.5. The van der Waals surface area contributed by atoms with Crippen LogP contribution in [-0.4, -0.2) is 9.55 Å². The summed E-state index contributed by atoms with van der Waals surface area (Å²) in [6.45, 7) is 4.78. The third kappa shape index (κ3) is 3.07. The van der Waals surface area contributed by atoms with Gasteiger partial charge in [0.2, 0.25) is 0 Å². The SMILES string of the molecule is CC1(C)c2ccccc2-c2c1c1c(c3ccccc23)c2ccccc2n1-c1ccc(-c2cc3ccccc3cn2)cc1. The molecule has 42 heavy (non-hydrogen) atoms. The number of fused-ring (bicyclic) bond motifs is 11. The van der Waals surface area contributed by atoms with Gasteiger partial charge in [-0.2, -0.15) is 0 Å². The van der Waals surface area contributed by atoms with Crippen molar-refractivity contribution in [3.8, 4) is 28.1 Å². The third-order valence-corrected chi connectivity index (χ3v) is 9.37. The van der Waals surface area contributed by atoms with Crippen LogP contribution in [-0.2, 0) is 5.41 Å². The lowest BCUT2D eigenvalue weighted by Gasteiger charge is -2.24. The van der Waals surface area contributed by atoms with E-state index in [-0.39, 0.29) is 5.41 Å². The van der Waals surface area contributed by atoms with Crippen molar-refractivity contribution in [2.45, 2.75) is 19.3 Å². The van der Waals surface area contributed by atoms with Crippen LogP contribution < -0.4 is 0 Å². The number of benzene rings is 6. The van der Waals surface area contributed by atoms with Crippen molar-refractivity contribution in [2.24, 2.45) is 0 Å². The van der Waals surface area contributed by atoms with Gasteiger partial charge in [-0.1, -0.05) is 117 Å². The lowest BCUT2D eigenvalue weighted by atomic mass is 9.80. The second-order valence-corrected chi connectivity index (χ2v) is 12.0. The Hall–Kier alpha value is -5.21. The number of pyridine rings is 1. The zero-order valence-corrected chi connectivity index (χ0v) is 23.6. The highest BCUT2D eigenvalue weighted by Gasteiger charge is 2.40. The van der Waals surface area contributed by atoms with Crippen LogP contribution in [0.25, 0.3) is 71.4 Å². The predicted octanol–water partition coefficient (Wildman–Crippen LogP) is 10.5. The Balaban J connectivity index is 1.37. The molecular weight excluding hydrogens is 508 g/mol. The second-order valence-electron chi connectivity index (χ2n) is 12.0. The standard InChI is InChI=1S/C40H28N2/c1-40(2)33-17-9-7-15-31(33)36-29-13-5-6-14-30(29)37-32-16-8-10-18-35(32)42(39(37)38(36)40)28-21-19-25(20-22-28)34-23-26-11-3-4-12-27(26)24-41-34/h3-24H,1-2H3. The van der Waals surface area contributed by atoms with Crippen LogP contribution >= 0.6 is 0 Å². The van der Waals surface area contributed by atoms with E-state index in [1.807, 2.05) is 6.20 Å². The molecule has 6 aromatic carbocycles. The number of rotatable bonds is 2. The summed E-state index contributed by atoms with van der Waals surface area (Å²) in [6, 6.07) is 46.4. The van der Waals surface area contributed by atoms with E-state index in [1.54, 1.807) is 0 Å². The van der Waals surface area contributed by atoms with E-state index in [9.17, 15) is 0 Å². The van der Waals surface area contributed by atoms with Crippen LogP contribution in [0.4, 0.5) is 0 Å². The molecule has 8 aromatic rings. The molecule has 0 N–H and O–H groups in total. The van der Waals surface area contributed by atoms with Crippen LogP contribution in [0.1, 0.15) is 25.0 Å². The molecule has 1 aliphatic carbocycles. The zero-order chi connectivity index (χ0) is 28.0. The number of nitrogens with zero attached hydrogens (tertiary/aromatic N) is 2. The summed E-state index contributed by atoms with van der Waals surface area (Å²) in [5.41, 5.74) is 11.2. The summed E-state index contributed by atoms with van der Waals surface area (Å²) < 4.78 is 2.50. The van der Waals surface area contributed by atoms with Gasteiger partial charge in [0.15, 0.2) is 0 Å². The van der Waals surface area contributed by atoms with Gasteiger partial charge < -0.3 is 4.57 Å². The normalized spacial score (nSPS) is 13.7. The highest BCUT2D eigenvalue weighted by Crippen LogP contribution is 2.56. The highest BCUT2D eigenvalue weighted by atomic mass is 15.0. The number of hydrogen-bond acceptors (Lipinski definition) is 1. The third-order valence-electron chi connectivity index (χ3n) is 9.37. The van der Waals surface area contributed by atoms with Gasteiger partial charge in [-0.05, 0) is 62.7 Å². The summed E-state index contributed by atoms with van der Waals surface area (Å²) in [4.78, 5) is 4.79. The topological polar surface area (TPSA) is 17.8 Å². The van der Waals surface area contributed by atoms with Gasteiger partial charge in [0.05, 0.1) is 16.7 Å². The van der Waals surface area contributed by atoms with Gasteiger partial charge in [-0.3, -0.25) is 4.98 Å². The fourth-order valence-electron chi connectivity index (χ4n) is 7.48. The summed E-state index contributed by atoms with van der Waals surface area (Å²) >= 11 is 0. The van der Waals surface area contributed by atoms with Gasteiger partial charge >= 0.3 is 0 Å². The average Bonchev–Trinajstić information content (AvgIpc) is 3.50. The van der Waals surface area contributed by atoms with E-state index in [2.05, 4.69) is 146 Å². The van der Waals surface area contributed by atoms with Gasteiger partial charge in [0, 0.05) is 39.0 Å². The van der Waals surface area contributed by atoms with Crippen LogP contribution in [0.2, 0.25) is 0 Å². The fraction of sp³-hybridized carbons (Fsp3) is 0.0750. The first-order chi connectivity index (χ1) is 20.6. The number of hydrogen-bond donors (Lipinski definition) is 0. The Labute approximate surface area is 244 Å². The molecule has 0 radical (unpaired) electrons. The van der Waals surface area contributed by atoms with Gasteiger partial charge in [-0.15, -0.1) is 0 Å². The molecule has 2 heteroatoms. The molecule has 0 spiro atoms. The van der Waals surface area contributed by atoms with E-state index in [4.69, 9.17) is 4.98 Å². The maximum atomic E-state index is 4.79. The van der Waals surface area contributed by atoms with Crippen molar-refractivity contribution in [3.63, 3.8) is 0 Å². The Morgan fingerprint density at radius 1 is 0.619 bits per heavy atom. The molecule has 2 heterocycles. The van der Waals surface area contributed by atoms with E-state index < -0.39 is 0 Å². The van der Waals surface area contributed by atoms with Crippen LogP contribution in [0.15, 0.2) is 134 Å². The molecule has 0 amide bonds. The van der Waals surface area contributed by atoms with Crippen molar-refractivity contribution in [1.82, 2.24) is 9.55 Å². The molecular formula is C40H28N2. The van der Waals surface area contributed by atoms with Crippen molar-refractivity contribution < 1.29 is 0 Å². The van der Waals surface area contributed by atoms with Crippen LogP contribution in [0, 0.1) is 0 Å². The van der Waals surface area contributed by atoms with Crippen molar-refractivity contribution >= 4 is 43.4 Å². The largest absolute Gasteiger partial charge is 0.309 e. The zero-order valence-electron chi connectivity index (χ0n) is 23.6. The molecule has 2 aromatic heterocycles. The van der Waals surface area contributed by atoms with E-state index in [0.29, 0.717) is 0 Å². The van der Waals surface area contributed by atoms with Crippen molar-refractivity contribution in [1.29, 1.82) is 0 Å². The average molecular weight is 537 g/mol. The predicted molar refractivity (Wildman–Crippen MR) is 177 cm³/mol. The summed E-state index contributed by atoms with van der Waals surface area (Å²) in [6.07, 6.45) is 1.97. The number of aromatic nitrogens is 2. The minimum absolute atomic E-state index is 0.144. The molecule has 0 saturated heterocycles. The van der Waals surface area contributed by atoms with E-state index in [0.717, 1.165) is 22.3 Å². The quantitative estimate of drug-likeness (QED) is 0.215. The second kappa shape index (κ2) is 8.41. The van der Waals surface area contributed by atoms with Gasteiger partial charge in [0.25, 0.3) is 0 Å². The Morgan fingerprint density at radius 2 is 1.29 bits per heavy atom. The first-order valence-electron chi connectivity index (χ1n) is 14.6. The minimum Gasteiger partial charge on any atom is -0.309 e. The smallest absolute Gasteiger partial charge is 0.0708 e. The van der Waals surface area contributed by atoms with Crippen molar-refractivity contribution in [3.05, 3.63) is 145 Å². The van der Waals surface area contributed by atoms with Crippen molar-refractivity contribution in [2.75, 3.05) is 0 Å². The Morgan fingerprint density at radius 3 is 2.12 bits per heavy atom. The van der Waals surface area contributed by atoms with Gasteiger partial charge in [0.1, 0.15) is 0 Å². The maximum Gasteiger partial charge on any atom is 0.0708 e. The molecule has 198 valence electrons. The first-order valence-corrected chi connectivity index (χ1v) is 14.6. The molecule has 0 atom stereocenters. The maximum absolute atomic E-state index is 4.79. The summed E-state index contributed by atoms with van der Waals surface area (Å²) in [5, 5.41) is 7.63.